The Bertz CT molecular complexity index is 1470. The van der Waals surface area contributed by atoms with E-state index in [-0.39, 0.29) is 18.0 Å². The summed E-state index contributed by atoms with van der Waals surface area (Å²) in [6.45, 7) is 9.16. The van der Waals surface area contributed by atoms with Gasteiger partial charge in [-0.15, -0.1) is 0 Å². The molecule has 0 bridgehead atoms. The minimum absolute atomic E-state index is 0.000533. The van der Waals surface area contributed by atoms with Crippen LogP contribution < -0.4 is 20.0 Å². The predicted octanol–water partition coefficient (Wildman–Crippen LogP) is 4.50. The highest BCUT2D eigenvalue weighted by atomic mass is 35.5. The first-order valence-corrected chi connectivity index (χ1v) is 14.4. The molecule has 1 N–H and O–H groups in total. The van der Waals surface area contributed by atoms with Crippen LogP contribution in [0.3, 0.4) is 0 Å². The second kappa shape index (κ2) is 11.2. The lowest BCUT2D eigenvalue weighted by Crippen LogP contribution is -2.53. The van der Waals surface area contributed by atoms with Gasteiger partial charge in [0.2, 0.25) is 11.9 Å². The lowest BCUT2D eigenvalue weighted by atomic mass is 10.1. The number of fused-ring (bicyclic) bond motifs is 1. The second-order valence-electron chi connectivity index (χ2n) is 11.1. The first-order valence-electron chi connectivity index (χ1n) is 14.1. The van der Waals surface area contributed by atoms with E-state index in [4.69, 9.17) is 16.6 Å². The molecule has 4 heterocycles. The van der Waals surface area contributed by atoms with Crippen LogP contribution in [0.2, 0.25) is 5.02 Å². The van der Waals surface area contributed by atoms with E-state index in [1.807, 2.05) is 24.3 Å². The van der Waals surface area contributed by atoms with Crippen LogP contribution >= 0.6 is 11.6 Å². The van der Waals surface area contributed by atoms with Crippen molar-refractivity contribution in [3.05, 3.63) is 64.8 Å². The number of aryl methyl sites for hydroxylation is 1. The number of carbonyl (C=O) groups is 2. The first kappa shape index (κ1) is 27.3. The van der Waals surface area contributed by atoms with Crippen molar-refractivity contribution in [3.63, 3.8) is 0 Å². The maximum atomic E-state index is 14.0. The Kier molecular flexibility index (Phi) is 7.44. The Balaban J connectivity index is 1.29. The number of benzene rings is 2. The van der Waals surface area contributed by atoms with Crippen LogP contribution in [-0.4, -0.2) is 84.1 Å². The number of nitrogens with one attached hydrogen (secondary N) is 1. The average Bonchev–Trinajstić information content (AvgIpc) is 3.44. The molecule has 6 rings (SSSR count). The third-order valence-electron chi connectivity index (χ3n) is 8.25. The molecule has 3 aromatic rings. The summed E-state index contributed by atoms with van der Waals surface area (Å²) < 4.78 is 0. The van der Waals surface area contributed by atoms with Gasteiger partial charge in [0.25, 0.3) is 0 Å². The minimum Gasteiger partial charge on any atom is -0.369 e. The number of rotatable bonds is 5. The molecule has 11 heteroatoms. The summed E-state index contributed by atoms with van der Waals surface area (Å²) in [7, 11) is 2.16. The van der Waals surface area contributed by atoms with Gasteiger partial charge in [-0.1, -0.05) is 23.7 Å². The smallest absolute Gasteiger partial charge is 0.330 e. The molecule has 0 aliphatic carbocycles. The van der Waals surface area contributed by atoms with Gasteiger partial charge in [-0.05, 0) is 56.3 Å². The zero-order chi connectivity index (χ0) is 28.7. The maximum Gasteiger partial charge on any atom is 0.330 e. The average molecular weight is 575 g/mol. The first-order chi connectivity index (χ1) is 19.8. The maximum absolute atomic E-state index is 14.0. The number of anilines is 5. The molecule has 1 atom stereocenters. The van der Waals surface area contributed by atoms with Crippen molar-refractivity contribution in [3.8, 4) is 0 Å². The summed E-state index contributed by atoms with van der Waals surface area (Å²) in [6.07, 6.45) is 2.44. The summed E-state index contributed by atoms with van der Waals surface area (Å²) >= 11 is 6.51. The molecule has 1 aromatic heterocycles. The molecular formula is C30H35ClN8O2. The summed E-state index contributed by atoms with van der Waals surface area (Å²) in [4.78, 5) is 45.5. The summed E-state index contributed by atoms with van der Waals surface area (Å²) in [5, 5.41) is 3.85. The van der Waals surface area contributed by atoms with Crippen molar-refractivity contribution in [2.75, 3.05) is 66.3 Å². The Morgan fingerprint density at radius 3 is 2.54 bits per heavy atom. The number of hydrogen-bond acceptors (Lipinski definition) is 7. The van der Waals surface area contributed by atoms with Crippen molar-refractivity contribution in [1.29, 1.82) is 0 Å². The third-order valence-corrected chi connectivity index (χ3v) is 8.57. The van der Waals surface area contributed by atoms with Gasteiger partial charge >= 0.3 is 6.03 Å². The summed E-state index contributed by atoms with van der Waals surface area (Å²) in [5.74, 6) is 0.985. The van der Waals surface area contributed by atoms with E-state index in [1.54, 1.807) is 33.9 Å². The van der Waals surface area contributed by atoms with E-state index in [0.717, 1.165) is 37.4 Å². The lowest BCUT2D eigenvalue weighted by Gasteiger charge is -2.39. The number of likely N-dealkylation sites (N-methyl/N-ethyl adjacent to an activating group) is 1. The zero-order valence-electron chi connectivity index (χ0n) is 23.7. The molecule has 2 aromatic carbocycles. The highest BCUT2D eigenvalue weighted by Gasteiger charge is 2.41. The topological polar surface area (TPSA) is 88.1 Å². The standard InChI is InChI=1S/C30H35ClN8O2/c1-20-16-23(8-9-26(20)36-14-12-35(3)13-15-36)33-29-32-17-22-18-38(27-7-5-4-6-25(27)31)30(41)39(28(22)34-29)24-10-11-37(19-24)21(2)40/h4-9,16-17,24H,10-15,18-19H2,1-3H3,(H,32,33,34)/t24-/m0/s1. The van der Waals surface area contributed by atoms with Crippen LogP contribution in [0.25, 0.3) is 0 Å². The van der Waals surface area contributed by atoms with Crippen molar-refractivity contribution < 1.29 is 9.59 Å². The van der Waals surface area contributed by atoms with E-state index in [9.17, 15) is 9.59 Å². The number of aromatic nitrogens is 2. The van der Waals surface area contributed by atoms with Crippen LogP contribution in [0, 0.1) is 6.92 Å². The fraction of sp³-hybridized carbons (Fsp3) is 0.400. The predicted molar refractivity (Wildman–Crippen MR) is 162 cm³/mol. The fourth-order valence-electron chi connectivity index (χ4n) is 5.93. The van der Waals surface area contributed by atoms with Crippen molar-refractivity contribution in [2.24, 2.45) is 0 Å². The number of para-hydroxylation sites is 1. The SMILES string of the molecule is CC(=O)N1CC[C@H](N2C(=O)N(c3ccccc3Cl)Cc3cnc(Nc4ccc(N5CCN(C)CC5)c(C)c4)nc32)C1. The largest absolute Gasteiger partial charge is 0.369 e. The monoisotopic (exact) mass is 574 g/mol. The van der Waals surface area contributed by atoms with E-state index < -0.39 is 0 Å². The number of carbonyl (C=O) groups excluding carboxylic acids is 2. The van der Waals surface area contributed by atoms with Crippen LogP contribution in [0.15, 0.2) is 48.7 Å². The summed E-state index contributed by atoms with van der Waals surface area (Å²) in [5.41, 5.74) is 4.75. The highest BCUT2D eigenvalue weighted by Crippen LogP contribution is 2.37. The van der Waals surface area contributed by atoms with Crippen molar-refractivity contribution >= 4 is 52.4 Å². The van der Waals surface area contributed by atoms with Crippen LogP contribution in [0.5, 0.6) is 0 Å². The molecule has 214 valence electrons. The molecule has 0 spiro atoms. The Morgan fingerprint density at radius 1 is 1.05 bits per heavy atom. The van der Waals surface area contributed by atoms with Gasteiger partial charge in [0, 0.05) is 69.3 Å². The van der Waals surface area contributed by atoms with Crippen molar-refractivity contribution in [2.45, 2.75) is 32.9 Å². The van der Waals surface area contributed by atoms with Gasteiger partial charge in [0.15, 0.2) is 0 Å². The van der Waals surface area contributed by atoms with Crippen LogP contribution in [-0.2, 0) is 11.3 Å². The molecule has 2 saturated heterocycles. The van der Waals surface area contributed by atoms with Crippen molar-refractivity contribution in [1.82, 2.24) is 19.8 Å². The Hall–Kier alpha value is -3.89. The molecule has 41 heavy (non-hydrogen) atoms. The van der Waals surface area contributed by atoms with Gasteiger partial charge in [0.1, 0.15) is 5.82 Å². The quantitative estimate of drug-likeness (QED) is 0.480. The number of amides is 3. The number of nitrogens with zero attached hydrogens (tertiary/aromatic N) is 7. The van der Waals surface area contributed by atoms with Gasteiger partial charge in [-0.25, -0.2) is 9.78 Å². The van der Waals surface area contributed by atoms with Gasteiger partial charge < -0.3 is 20.0 Å². The van der Waals surface area contributed by atoms with Crippen LogP contribution in [0.4, 0.5) is 33.6 Å². The fourth-order valence-corrected chi connectivity index (χ4v) is 6.17. The van der Waals surface area contributed by atoms with Gasteiger partial charge in [-0.3, -0.25) is 14.6 Å². The number of likely N-dealkylation sites (tertiary alicyclic amines) is 1. The van der Waals surface area contributed by atoms with E-state index in [2.05, 4.69) is 46.2 Å². The second-order valence-corrected chi connectivity index (χ2v) is 11.5. The van der Waals surface area contributed by atoms with E-state index in [1.165, 1.54) is 11.3 Å². The molecule has 2 fully saturated rings. The molecule has 3 aliphatic rings. The number of halogens is 1. The minimum atomic E-state index is -0.210. The lowest BCUT2D eigenvalue weighted by molar-refractivity contribution is -0.127. The third kappa shape index (κ3) is 5.41. The normalized spacial score (nSPS) is 19.5. The summed E-state index contributed by atoms with van der Waals surface area (Å²) in [6, 6.07) is 13.2. The number of hydrogen-bond donors (Lipinski definition) is 1. The highest BCUT2D eigenvalue weighted by molar-refractivity contribution is 6.34. The Morgan fingerprint density at radius 2 is 1.83 bits per heavy atom. The van der Waals surface area contributed by atoms with E-state index >= 15 is 0 Å². The molecule has 0 unspecified atom stereocenters. The molecule has 3 amide bonds. The van der Waals surface area contributed by atoms with E-state index in [0.29, 0.717) is 48.5 Å². The van der Waals surface area contributed by atoms with Gasteiger partial charge in [-0.2, -0.15) is 4.98 Å². The van der Waals surface area contributed by atoms with Gasteiger partial charge in [0.05, 0.1) is 23.3 Å². The Labute approximate surface area is 245 Å². The number of piperazine rings is 1. The molecule has 0 radical (unpaired) electrons. The molecule has 3 aliphatic heterocycles. The number of urea groups is 1. The zero-order valence-corrected chi connectivity index (χ0v) is 24.4. The molecule has 10 nitrogen and oxygen atoms in total. The van der Waals surface area contributed by atoms with Crippen LogP contribution in [0.1, 0.15) is 24.5 Å². The molecule has 0 saturated carbocycles. The molecular weight excluding hydrogens is 540 g/mol.